The molecular weight excluding hydrogens is 384 g/mol. The number of allylic oxidation sites excluding steroid dienone is 1. The van der Waals surface area contributed by atoms with E-state index in [1.165, 1.54) is 11.6 Å². The molecule has 0 aliphatic heterocycles. The molecular formula is C21H22N6O3. The van der Waals surface area contributed by atoms with E-state index >= 15 is 0 Å². The van der Waals surface area contributed by atoms with Crippen LogP contribution in [0.5, 0.6) is 5.75 Å². The number of rotatable bonds is 5. The van der Waals surface area contributed by atoms with E-state index in [1.54, 1.807) is 24.9 Å². The van der Waals surface area contributed by atoms with Crippen LogP contribution in [-0.2, 0) is 21.1 Å². The third-order valence-electron chi connectivity index (χ3n) is 4.96. The maximum absolute atomic E-state index is 12.4. The molecule has 4 rings (SSSR count). The number of hydrogen-bond acceptors (Lipinski definition) is 6. The number of fused-ring (bicyclic) bond motifs is 2. The largest absolute Gasteiger partial charge is 0.462 e. The number of anilines is 1. The van der Waals surface area contributed by atoms with Gasteiger partial charge in [0.05, 0.1) is 5.70 Å². The summed E-state index contributed by atoms with van der Waals surface area (Å²) in [4.78, 5) is 28.9. The number of hydrogen-bond donors (Lipinski definition) is 2. The van der Waals surface area contributed by atoms with Crippen molar-refractivity contribution in [3.63, 3.8) is 0 Å². The summed E-state index contributed by atoms with van der Waals surface area (Å²) in [6.07, 6.45) is 1.59. The summed E-state index contributed by atoms with van der Waals surface area (Å²) < 4.78 is 9.84. The van der Waals surface area contributed by atoms with Crippen LogP contribution in [0.4, 0.5) is 5.95 Å². The highest BCUT2D eigenvalue weighted by atomic mass is 16.5. The fourth-order valence-corrected chi connectivity index (χ4v) is 3.26. The van der Waals surface area contributed by atoms with Gasteiger partial charge in [0.1, 0.15) is 12.0 Å². The van der Waals surface area contributed by atoms with Crippen molar-refractivity contribution in [2.45, 2.75) is 6.92 Å². The Bertz CT molecular complexity index is 1410. The molecule has 2 N–H and O–H groups in total. The highest BCUT2D eigenvalue weighted by molar-refractivity contribution is 5.88. The van der Waals surface area contributed by atoms with E-state index in [4.69, 9.17) is 4.74 Å². The Balaban J connectivity index is 1.56. The van der Waals surface area contributed by atoms with E-state index < -0.39 is 11.2 Å². The third kappa shape index (κ3) is 3.20. The topological polar surface area (TPSA) is 95.1 Å². The van der Waals surface area contributed by atoms with Gasteiger partial charge in [0.25, 0.3) is 5.56 Å². The zero-order valence-electron chi connectivity index (χ0n) is 17.1. The van der Waals surface area contributed by atoms with Crippen LogP contribution in [0.3, 0.4) is 0 Å². The van der Waals surface area contributed by atoms with Crippen molar-refractivity contribution in [2.24, 2.45) is 21.1 Å². The first-order chi connectivity index (χ1) is 14.4. The number of aromatic nitrogens is 4. The standard InChI is InChI=1S/C21H22N6O3/c1-13(12-30-16-11-7-9-14-8-5-6-10-15(14)16)23-24-20-22-18-17(25(20)2)19(28)27(4)21(29)26(18)3/h5-12,23H,1-4H3,(H,22,24)/b13-12-. The summed E-state index contributed by atoms with van der Waals surface area (Å²) in [5.74, 6) is 1.14. The second kappa shape index (κ2) is 7.43. The van der Waals surface area contributed by atoms with Crippen LogP contribution >= 0.6 is 0 Å². The Hall–Kier alpha value is -4.01. The molecule has 0 atom stereocenters. The zero-order chi connectivity index (χ0) is 21.4. The van der Waals surface area contributed by atoms with Gasteiger partial charge in [0.15, 0.2) is 11.2 Å². The predicted molar refractivity (Wildman–Crippen MR) is 116 cm³/mol. The molecule has 0 radical (unpaired) electrons. The van der Waals surface area contributed by atoms with Gasteiger partial charge in [0, 0.05) is 26.5 Å². The quantitative estimate of drug-likeness (QED) is 0.389. The monoisotopic (exact) mass is 406 g/mol. The van der Waals surface area contributed by atoms with Crippen LogP contribution in [0.25, 0.3) is 21.9 Å². The van der Waals surface area contributed by atoms with Crippen LogP contribution in [-0.4, -0.2) is 18.7 Å². The second-order valence-electron chi connectivity index (χ2n) is 7.02. The highest BCUT2D eigenvalue weighted by Gasteiger charge is 2.16. The van der Waals surface area contributed by atoms with E-state index in [0.29, 0.717) is 22.8 Å². The van der Waals surface area contributed by atoms with E-state index in [2.05, 4.69) is 15.8 Å². The van der Waals surface area contributed by atoms with Crippen molar-refractivity contribution >= 4 is 27.9 Å². The number of benzene rings is 2. The summed E-state index contributed by atoms with van der Waals surface area (Å²) >= 11 is 0. The minimum absolute atomic E-state index is 0.309. The Kier molecular flexibility index (Phi) is 4.78. The fourth-order valence-electron chi connectivity index (χ4n) is 3.26. The van der Waals surface area contributed by atoms with Gasteiger partial charge in [-0.1, -0.05) is 36.4 Å². The van der Waals surface area contributed by atoms with Gasteiger partial charge in [-0.15, -0.1) is 0 Å². The van der Waals surface area contributed by atoms with Gasteiger partial charge in [-0.05, 0) is 18.4 Å². The second-order valence-corrected chi connectivity index (χ2v) is 7.02. The van der Waals surface area contributed by atoms with Gasteiger partial charge in [-0.2, -0.15) is 4.98 Å². The molecule has 154 valence electrons. The van der Waals surface area contributed by atoms with Crippen LogP contribution < -0.4 is 26.8 Å². The third-order valence-corrected chi connectivity index (χ3v) is 4.96. The lowest BCUT2D eigenvalue weighted by Crippen LogP contribution is -2.37. The van der Waals surface area contributed by atoms with Gasteiger partial charge in [-0.3, -0.25) is 24.8 Å². The molecule has 0 saturated carbocycles. The smallest absolute Gasteiger partial charge is 0.332 e. The lowest BCUT2D eigenvalue weighted by molar-refractivity contribution is 0.477. The number of nitrogens with zero attached hydrogens (tertiary/aromatic N) is 4. The molecule has 4 aromatic rings. The molecule has 0 bridgehead atoms. The molecule has 9 nitrogen and oxygen atoms in total. The summed E-state index contributed by atoms with van der Waals surface area (Å²) in [5, 5.41) is 2.11. The van der Waals surface area contributed by atoms with Crippen molar-refractivity contribution in [3.8, 4) is 5.75 Å². The summed E-state index contributed by atoms with van der Waals surface area (Å²) in [6.45, 7) is 1.83. The maximum atomic E-state index is 12.4. The number of ether oxygens (including phenoxy) is 1. The van der Waals surface area contributed by atoms with Crippen molar-refractivity contribution in [3.05, 3.63) is 75.3 Å². The number of aryl methyl sites for hydroxylation is 2. The first-order valence-electron chi connectivity index (χ1n) is 9.34. The van der Waals surface area contributed by atoms with Gasteiger partial charge in [0.2, 0.25) is 5.95 Å². The molecule has 9 heteroatoms. The highest BCUT2D eigenvalue weighted by Crippen LogP contribution is 2.25. The Morgan fingerprint density at radius 1 is 1.00 bits per heavy atom. The maximum Gasteiger partial charge on any atom is 0.332 e. The van der Waals surface area contributed by atoms with Crippen molar-refractivity contribution in [1.82, 2.24) is 24.1 Å². The van der Waals surface area contributed by atoms with Crippen molar-refractivity contribution in [2.75, 3.05) is 5.43 Å². The normalized spacial score (nSPS) is 11.8. The molecule has 0 spiro atoms. The Labute approximate surface area is 171 Å². The van der Waals surface area contributed by atoms with Crippen LogP contribution in [0.1, 0.15) is 6.92 Å². The lowest BCUT2D eigenvalue weighted by Gasteiger charge is -2.10. The summed E-state index contributed by atoms with van der Waals surface area (Å²) in [5.41, 5.74) is 6.46. The van der Waals surface area contributed by atoms with Crippen LogP contribution in [0.15, 0.2) is 64.0 Å². The molecule has 0 aliphatic rings. The van der Waals surface area contributed by atoms with Gasteiger partial charge >= 0.3 is 5.69 Å². The minimum atomic E-state index is -0.426. The molecule has 2 aromatic heterocycles. The lowest BCUT2D eigenvalue weighted by atomic mass is 10.1. The first kappa shape index (κ1) is 19.3. The van der Waals surface area contributed by atoms with E-state index in [0.717, 1.165) is 21.1 Å². The molecule has 0 amide bonds. The van der Waals surface area contributed by atoms with Crippen LogP contribution in [0.2, 0.25) is 0 Å². The SMILES string of the molecule is C/C(=C/Oc1cccc2ccccc12)NNc1nc2c(c(=O)n(C)c(=O)n2C)n1C. The van der Waals surface area contributed by atoms with Crippen LogP contribution in [0, 0.1) is 0 Å². The van der Waals surface area contributed by atoms with Gasteiger partial charge in [-0.25, -0.2) is 4.79 Å². The number of hydrazine groups is 1. The first-order valence-corrected chi connectivity index (χ1v) is 9.34. The van der Waals surface area contributed by atoms with Gasteiger partial charge < -0.3 is 9.30 Å². The zero-order valence-corrected chi connectivity index (χ0v) is 17.1. The molecule has 0 fully saturated rings. The average molecular weight is 406 g/mol. The molecule has 0 unspecified atom stereocenters. The summed E-state index contributed by atoms with van der Waals surface area (Å²) in [7, 11) is 4.73. The number of imidazole rings is 1. The Morgan fingerprint density at radius 2 is 1.73 bits per heavy atom. The summed E-state index contributed by atoms with van der Waals surface area (Å²) in [6, 6.07) is 13.9. The van der Waals surface area contributed by atoms with E-state index in [-0.39, 0.29) is 0 Å². The molecule has 30 heavy (non-hydrogen) atoms. The van der Waals surface area contributed by atoms with Crippen molar-refractivity contribution in [1.29, 1.82) is 0 Å². The molecule has 0 saturated heterocycles. The molecule has 2 heterocycles. The van der Waals surface area contributed by atoms with Crippen molar-refractivity contribution < 1.29 is 4.74 Å². The Morgan fingerprint density at radius 3 is 2.53 bits per heavy atom. The molecule has 2 aromatic carbocycles. The predicted octanol–water partition coefficient (Wildman–Crippen LogP) is 1.98. The van der Waals surface area contributed by atoms with E-state index in [9.17, 15) is 9.59 Å². The van der Waals surface area contributed by atoms with E-state index in [1.807, 2.05) is 49.4 Å². The molecule has 0 aliphatic carbocycles. The number of nitrogens with one attached hydrogen (secondary N) is 2. The average Bonchev–Trinajstić information content (AvgIpc) is 3.09. The fraction of sp³-hybridized carbons (Fsp3) is 0.190. The minimum Gasteiger partial charge on any atom is -0.462 e.